The summed E-state index contributed by atoms with van der Waals surface area (Å²) in [4.78, 5) is 0. The monoisotopic (exact) mass is 283 g/mol. The fourth-order valence-corrected chi connectivity index (χ4v) is 2.14. The zero-order chi connectivity index (χ0) is 14.2. The third-order valence-electron chi connectivity index (χ3n) is 2.69. The van der Waals surface area contributed by atoms with Crippen LogP contribution in [0.3, 0.4) is 0 Å². The highest BCUT2D eigenvalue weighted by Gasteiger charge is 2.13. The molecule has 0 fully saturated rings. The van der Waals surface area contributed by atoms with Crippen LogP contribution >= 0.6 is 11.6 Å². The number of hydrogen-bond acceptors (Lipinski definition) is 2. The first-order valence-electron chi connectivity index (χ1n) is 5.57. The maximum absolute atomic E-state index is 13.3. The summed E-state index contributed by atoms with van der Waals surface area (Å²) in [5, 5.41) is 0.570. The van der Waals surface area contributed by atoms with Gasteiger partial charge in [0.15, 0.2) is 11.6 Å². The molecule has 0 spiro atoms. The Morgan fingerprint density at radius 3 is 2.21 bits per heavy atom. The van der Waals surface area contributed by atoms with Crippen LogP contribution in [0.1, 0.15) is 11.1 Å². The molecule has 2 N–H and O–H groups in total. The average Bonchev–Trinajstić information content (AvgIpc) is 2.29. The van der Waals surface area contributed by atoms with Gasteiger partial charge in [0.1, 0.15) is 17.3 Å². The molecule has 0 aliphatic heterocycles. The molecule has 0 bridgehead atoms. The molecule has 0 radical (unpaired) electrons. The lowest BCUT2D eigenvalue weighted by molar-refractivity contribution is 0.465. The normalized spacial score (nSPS) is 10.6. The number of hydrogen-bond donors (Lipinski definition) is 1. The highest BCUT2D eigenvalue weighted by molar-refractivity contribution is 6.30. The number of benzene rings is 2. The maximum Gasteiger partial charge on any atom is 0.156 e. The lowest BCUT2D eigenvalue weighted by Crippen LogP contribution is -1.99. The van der Waals surface area contributed by atoms with Crippen LogP contribution in [0, 0.1) is 25.5 Å². The second kappa shape index (κ2) is 5.05. The van der Waals surface area contributed by atoms with Crippen LogP contribution in [0.5, 0.6) is 11.5 Å². The van der Waals surface area contributed by atoms with E-state index in [1.807, 2.05) is 0 Å². The molecule has 19 heavy (non-hydrogen) atoms. The topological polar surface area (TPSA) is 35.2 Å². The van der Waals surface area contributed by atoms with Crippen molar-refractivity contribution in [3.05, 3.63) is 52.0 Å². The SMILES string of the molecule is Cc1cc(Cl)cc(C)c1Oc1cc(F)cc(F)c1N. The predicted molar refractivity (Wildman–Crippen MR) is 71.8 cm³/mol. The van der Waals surface area contributed by atoms with Crippen molar-refractivity contribution in [1.29, 1.82) is 0 Å². The Kier molecular flexibility index (Phi) is 3.62. The van der Waals surface area contributed by atoms with Crippen molar-refractivity contribution in [2.75, 3.05) is 5.73 Å². The van der Waals surface area contributed by atoms with Crippen LogP contribution < -0.4 is 10.5 Å². The average molecular weight is 284 g/mol. The number of aryl methyl sites for hydroxylation is 2. The summed E-state index contributed by atoms with van der Waals surface area (Å²) in [5.41, 5.74) is 6.83. The van der Waals surface area contributed by atoms with Gasteiger partial charge in [0, 0.05) is 17.2 Å². The van der Waals surface area contributed by atoms with Gasteiger partial charge in [0.25, 0.3) is 0 Å². The van der Waals surface area contributed by atoms with Gasteiger partial charge < -0.3 is 10.5 Å². The molecule has 0 saturated heterocycles. The first-order valence-corrected chi connectivity index (χ1v) is 5.95. The van der Waals surface area contributed by atoms with E-state index in [1.54, 1.807) is 26.0 Å². The highest BCUT2D eigenvalue weighted by atomic mass is 35.5. The van der Waals surface area contributed by atoms with Gasteiger partial charge in [0.2, 0.25) is 0 Å². The zero-order valence-electron chi connectivity index (χ0n) is 10.4. The van der Waals surface area contributed by atoms with Gasteiger partial charge in [-0.1, -0.05) is 11.6 Å². The van der Waals surface area contributed by atoms with Crippen LogP contribution in [-0.2, 0) is 0 Å². The molecule has 0 atom stereocenters. The minimum Gasteiger partial charge on any atom is -0.454 e. The number of ether oxygens (including phenoxy) is 1. The van der Waals surface area contributed by atoms with Gasteiger partial charge in [0.05, 0.1) is 0 Å². The Labute approximate surface area is 114 Å². The fraction of sp³-hybridized carbons (Fsp3) is 0.143. The lowest BCUT2D eigenvalue weighted by Gasteiger charge is -2.14. The standard InChI is InChI=1S/C14H12ClF2NO/c1-7-3-9(15)4-8(2)14(7)19-12-6-10(16)5-11(17)13(12)18/h3-6H,18H2,1-2H3. The first-order chi connectivity index (χ1) is 8.88. The summed E-state index contributed by atoms with van der Waals surface area (Å²) in [5.74, 6) is -1.16. The van der Waals surface area contributed by atoms with E-state index in [1.165, 1.54) is 0 Å². The van der Waals surface area contributed by atoms with E-state index in [4.69, 9.17) is 22.1 Å². The molecule has 0 amide bonds. The summed E-state index contributed by atoms with van der Waals surface area (Å²) in [6, 6.07) is 5.17. The number of anilines is 1. The molecule has 2 nitrogen and oxygen atoms in total. The van der Waals surface area contributed by atoms with E-state index >= 15 is 0 Å². The summed E-state index contributed by atoms with van der Waals surface area (Å²) < 4.78 is 32.0. The van der Waals surface area contributed by atoms with Gasteiger partial charge in [-0.05, 0) is 37.1 Å². The number of rotatable bonds is 2. The molecule has 0 saturated carbocycles. The van der Waals surface area contributed by atoms with Crippen molar-refractivity contribution >= 4 is 17.3 Å². The maximum atomic E-state index is 13.3. The number of nitrogens with two attached hydrogens (primary N) is 1. The van der Waals surface area contributed by atoms with Gasteiger partial charge in [-0.25, -0.2) is 8.78 Å². The van der Waals surface area contributed by atoms with Gasteiger partial charge in [-0.3, -0.25) is 0 Å². The van der Waals surface area contributed by atoms with Gasteiger partial charge >= 0.3 is 0 Å². The fourth-order valence-electron chi connectivity index (χ4n) is 1.81. The summed E-state index contributed by atoms with van der Waals surface area (Å²) in [7, 11) is 0. The lowest BCUT2D eigenvalue weighted by atomic mass is 10.1. The third kappa shape index (κ3) is 2.79. The number of nitrogen functional groups attached to an aromatic ring is 1. The second-order valence-corrected chi connectivity index (χ2v) is 4.71. The minimum absolute atomic E-state index is 0.0500. The van der Waals surface area contributed by atoms with Crippen LogP contribution in [0.4, 0.5) is 14.5 Å². The quantitative estimate of drug-likeness (QED) is 0.817. The van der Waals surface area contributed by atoms with Crippen LogP contribution in [-0.4, -0.2) is 0 Å². The molecular formula is C14H12ClF2NO. The summed E-state index contributed by atoms with van der Waals surface area (Å²) in [6.45, 7) is 3.58. The Hall–Kier alpha value is -1.81. The summed E-state index contributed by atoms with van der Waals surface area (Å²) in [6.07, 6.45) is 0. The molecule has 2 aromatic carbocycles. The first kappa shape index (κ1) is 13.6. The van der Waals surface area contributed by atoms with E-state index in [0.717, 1.165) is 17.2 Å². The zero-order valence-corrected chi connectivity index (χ0v) is 11.2. The van der Waals surface area contributed by atoms with E-state index in [9.17, 15) is 8.78 Å². The minimum atomic E-state index is -0.848. The van der Waals surface area contributed by atoms with Crippen molar-refractivity contribution in [3.63, 3.8) is 0 Å². The van der Waals surface area contributed by atoms with Crippen molar-refractivity contribution in [2.45, 2.75) is 13.8 Å². The molecule has 2 aromatic rings. The van der Waals surface area contributed by atoms with E-state index in [2.05, 4.69) is 0 Å². The molecule has 0 aliphatic carbocycles. The van der Waals surface area contributed by atoms with Crippen molar-refractivity contribution < 1.29 is 13.5 Å². The molecule has 0 aromatic heterocycles. The van der Waals surface area contributed by atoms with Crippen molar-refractivity contribution in [1.82, 2.24) is 0 Å². The summed E-state index contributed by atoms with van der Waals surface area (Å²) >= 11 is 5.91. The highest BCUT2D eigenvalue weighted by Crippen LogP contribution is 2.35. The Bertz CT molecular complexity index is 621. The molecule has 2 rings (SSSR count). The molecule has 0 aliphatic rings. The second-order valence-electron chi connectivity index (χ2n) is 4.27. The van der Waals surface area contributed by atoms with Gasteiger partial charge in [-0.15, -0.1) is 0 Å². The van der Waals surface area contributed by atoms with Gasteiger partial charge in [-0.2, -0.15) is 0 Å². The molecule has 100 valence electrons. The molecule has 0 heterocycles. The van der Waals surface area contributed by atoms with E-state index in [0.29, 0.717) is 16.8 Å². The molecule has 0 unspecified atom stereocenters. The predicted octanol–water partition coefficient (Wildman–Crippen LogP) is 4.61. The van der Waals surface area contributed by atoms with Crippen LogP contribution in [0.15, 0.2) is 24.3 Å². The number of halogens is 3. The smallest absolute Gasteiger partial charge is 0.156 e. The van der Waals surface area contributed by atoms with E-state index < -0.39 is 11.6 Å². The molecular weight excluding hydrogens is 272 g/mol. The Morgan fingerprint density at radius 1 is 1.05 bits per heavy atom. The van der Waals surface area contributed by atoms with Crippen LogP contribution in [0.25, 0.3) is 0 Å². The van der Waals surface area contributed by atoms with E-state index in [-0.39, 0.29) is 11.4 Å². The third-order valence-corrected chi connectivity index (χ3v) is 2.91. The van der Waals surface area contributed by atoms with Crippen molar-refractivity contribution in [2.24, 2.45) is 0 Å². The Morgan fingerprint density at radius 2 is 1.63 bits per heavy atom. The largest absolute Gasteiger partial charge is 0.454 e. The molecule has 5 heteroatoms. The van der Waals surface area contributed by atoms with Crippen LogP contribution in [0.2, 0.25) is 5.02 Å². The van der Waals surface area contributed by atoms with Crippen molar-refractivity contribution in [3.8, 4) is 11.5 Å². The Balaban J connectivity index is 2.48.